The van der Waals surface area contributed by atoms with Crippen LogP contribution in [0.15, 0.2) is 0 Å². The molecule has 6 heteroatoms. The van der Waals surface area contributed by atoms with E-state index < -0.39 is 0 Å². The fraction of sp³-hybridized carbons (Fsp3) is 0.571. The van der Waals surface area contributed by atoms with Crippen molar-refractivity contribution in [2.24, 2.45) is 11.3 Å². The van der Waals surface area contributed by atoms with Crippen LogP contribution in [0.4, 0.5) is 10.7 Å². The summed E-state index contributed by atoms with van der Waals surface area (Å²) >= 11 is 1.27. The average Bonchev–Trinajstić information content (AvgIpc) is 3.33. The molecule has 2 aliphatic rings. The molecule has 0 aliphatic heterocycles. The first-order valence-corrected chi connectivity index (χ1v) is 7.71. The summed E-state index contributed by atoms with van der Waals surface area (Å²) in [5.74, 6) is 0.616. The zero-order valence-electron chi connectivity index (χ0n) is 11.5. The van der Waals surface area contributed by atoms with Crippen molar-refractivity contribution in [1.82, 2.24) is 5.32 Å². The van der Waals surface area contributed by atoms with Gasteiger partial charge in [-0.15, -0.1) is 11.3 Å². The first kappa shape index (κ1) is 13.3. The number of thiophene rings is 1. The molecule has 1 aromatic rings. The number of rotatable bonds is 5. The summed E-state index contributed by atoms with van der Waals surface area (Å²) in [7, 11) is 1.57. The maximum atomic E-state index is 11.9. The number of nitrogens with two attached hydrogens (primary N) is 1. The van der Waals surface area contributed by atoms with Gasteiger partial charge in [-0.2, -0.15) is 5.26 Å². The molecule has 2 fully saturated rings. The van der Waals surface area contributed by atoms with Crippen molar-refractivity contribution in [2.75, 3.05) is 24.6 Å². The van der Waals surface area contributed by atoms with Crippen LogP contribution in [0.3, 0.4) is 0 Å². The maximum absolute atomic E-state index is 11.9. The Kier molecular flexibility index (Phi) is 3.09. The number of amides is 1. The van der Waals surface area contributed by atoms with Crippen LogP contribution in [-0.4, -0.2) is 19.5 Å². The van der Waals surface area contributed by atoms with E-state index in [2.05, 4.69) is 16.7 Å². The van der Waals surface area contributed by atoms with Gasteiger partial charge in [0.25, 0.3) is 5.91 Å². The van der Waals surface area contributed by atoms with Crippen LogP contribution in [-0.2, 0) is 0 Å². The number of nitrogens with one attached hydrogen (secondary N) is 2. The second kappa shape index (κ2) is 4.67. The number of anilines is 2. The van der Waals surface area contributed by atoms with Gasteiger partial charge in [0.15, 0.2) is 0 Å². The average molecular weight is 290 g/mol. The van der Waals surface area contributed by atoms with Crippen molar-refractivity contribution >= 4 is 27.9 Å². The fourth-order valence-electron chi connectivity index (χ4n) is 2.84. The quantitative estimate of drug-likeness (QED) is 0.775. The molecule has 0 radical (unpaired) electrons. The summed E-state index contributed by atoms with van der Waals surface area (Å²) in [4.78, 5) is 12.3. The molecule has 5 nitrogen and oxygen atoms in total. The summed E-state index contributed by atoms with van der Waals surface area (Å²) in [5, 5.41) is 15.8. The van der Waals surface area contributed by atoms with E-state index in [0.29, 0.717) is 15.9 Å². The van der Waals surface area contributed by atoms with Crippen molar-refractivity contribution in [2.45, 2.75) is 25.7 Å². The van der Waals surface area contributed by atoms with Gasteiger partial charge < -0.3 is 16.4 Å². The molecule has 0 aromatic carbocycles. The molecule has 106 valence electrons. The van der Waals surface area contributed by atoms with E-state index in [1.54, 1.807) is 7.05 Å². The van der Waals surface area contributed by atoms with E-state index >= 15 is 0 Å². The van der Waals surface area contributed by atoms with Crippen LogP contribution in [0.2, 0.25) is 0 Å². The third-order valence-electron chi connectivity index (χ3n) is 4.44. The minimum atomic E-state index is -0.237. The predicted octanol–water partition coefficient (Wildman–Crippen LogP) is 2.16. The minimum Gasteiger partial charge on any atom is -0.396 e. The summed E-state index contributed by atoms with van der Waals surface area (Å²) in [6, 6.07) is 2.06. The molecule has 0 atom stereocenters. The second-order valence-corrected chi connectivity index (χ2v) is 6.75. The molecule has 1 amide bonds. The Balaban J connectivity index is 1.81. The molecule has 2 aliphatic carbocycles. The first-order valence-electron chi connectivity index (χ1n) is 6.89. The number of carbonyl (C=O) groups is 1. The van der Waals surface area contributed by atoms with Gasteiger partial charge >= 0.3 is 0 Å². The van der Waals surface area contributed by atoms with Crippen LogP contribution in [0.25, 0.3) is 0 Å². The molecule has 2 saturated carbocycles. The Morgan fingerprint density at radius 3 is 2.75 bits per heavy atom. The minimum absolute atomic E-state index is 0.237. The Morgan fingerprint density at radius 2 is 2.25 bits per heavy atom. The Morgan fingerprint density at radius 1 is 1.55 bits per heavy atom. The third-order valence-corrected chi connectivity index (χ3v) is 5.51. The lowest BCUT2D eigenvalue weighted by Crippen LogP contribution is -2.22. The maximum Gasteiger partial charge on any atom is 0.256 e. The van der Waals surface area contributed by atoms with E-state index in [0.717, 1.165) is 17.5 Å². The summed E-state index contributed by atoms with van der Waals surface area (Å²) in [5.41, 5.74) is 7.05. The molecule has 20 heavy (non-hydrogen) atoms. The van der Waals surface area contributed by atoms with E-state index in [9.17, 15) is 4.79 Å². The normalized spacial score (nSPS) is 19.2. The number of nitriles is 1. The molecule has 0 spiro atoms. The van der Waals surface area contributed by atoms with Crippen LogP contribution < -0.4 is 16.4 Å². The van der Waals surface area contributed by atoms with E-state index in [-0.39, 0.29) is 11.6 Å². The van der Waals surface area contributed by atoms with Gasteiger partial charge in [0, 0.05) is 13.6 Å². The predicted molar refractivity (Wildman–Crippen MR) is 79.7 cm³/mol. The zero-order chi connectivity index (χ0) is 14.3. The standard InChI is InChI=1S/C14H18N4OS/c1-17-12(19)10-11(16)9(6-15)20-13(10)18-7-14(4-5-14)8-2-3-8/h8,18H,2-5,7,16H2,1H3,(H,17,19). The van der Waals surface area contributed by atoms with Crippen molar-refractivity contribution < 1.29 is 4.79 Å². The molecular weight excluding hydrogens is 272 g/mol. The smallest absolute Gasteiger partial charge is 0.256 e. The van der Waals surface area contributed by atoms with E-state index in [1.807, 2.05) is 0 Å². The Labute approximate surface area is 122 Å². The third kappa shape index (κ3) is 2.12. The highest BCUT2D eigenvalue weighted by atomic mass is 32.1. The van der Waals surface area contributed by atoms with Gasteiger partial charge in [0.2, 0.25) is 0 Å². The molecule has 3 rings (SSSR count). The van der Waals surface area contributed by atoms with E-state index in [4.69, 9.17) is 11.0 Å². The highest BCUT2D eigenvalue weighted by Crippen LogP contribution is 2.61. The lowest BCUT2D eigenvalue weighted by atomic mass is 10.0. The van der Waals surface area contributed by atoms with Gasteiger partial charge in [-0.05, 0) is 37.0 Å². The highest BCUT2D eigenvalue weighted by Gasteiger charge is 2.53. The van der Waals surface area contributed by atoms with Gasteiger partial charge in [-0.3, -0.25) is 4.79 Å². The number of hydrogen-bond acceptors (Lipinski definition) is 5. The highest BCUT2D eigenvalue weighted by molar-refractivity contribution is 7.17. The van der Waals surface area contributed by atoms with Gasteiger partial charge in [-0.25, -0.2) is 0 Å². The molecule has 0 unspecified atom stereocenters. The Bertz CT molecular complexity index is 593. The first-order chi connectivity index (χ1) is 9.61. The summed E-state index contributed by atoms with van der Waals surface area (Å²) < 4.78 is 0. The van der Waals surface area contributed by atoms with Crippen LogP contribution in [0.5, 0.6) is 0 Å². The molecular formula is C14H18N4OS. The van der Waals surface area contributed by atoms with Crippen molar-refractivity contribution in [1.29, 1.82) is 5.26 Å². The molecule has 4 N–H and O–H groups in total. The van der Waals surface area contributed by atoms with Crippen LogP contribution >= 0.6 is 11.3 Å². The number of nitrogen functional groups attached to an aromatic ring is 1. The molecule has 1 heterocycles. The number of hydrogen-bond donors (Lipinski definition) is 3. The lowest BCUT2D eigenvalue weighted by Gasteiger charge is -2.15. The number of nitrogens with zero attached hydrogens (tertiary/aromatic N) is 1. The fourth-order valence-corrected chi connectivity index (χ4v) is 3.75. The molecule has 1 aromatic heterocycles. The topological polar surface area (TPSA) is 90.9 Å². The monoisotopic (exact) mass is 290 g/mol. The van der Waals surface area contributed by atoms with Gasteiger partial charge in [0.05, 0.1) is 11.3 Å². The van der Waals surface area contributed by atoms with Gasteiger partial charge in [0.1, 0.15) is 15.9 Å². The summed E-state index contributed by atoms with van der Waals surface area (Å²) in [6.07, 6.45) is 5.21. The van der Waals surface area contributed by atoms with Crippen molar-refractivity contribution in [3.8, 4) is 6.07 Å². The van der Waals surface area contributed by atoms with Crippen LogP contribution in [0, 0.1) is 22.7 Å². The summed E-state index contributed by atoms with van der Waals surface area (Å²) in [6.45, 7) is 0.881. The molecule has 0 bridgehead atoms. The van der Waals surface area contributed by atoms with E-state index in [1.165, 1.54) is 37.0 Å². The Hall–Kier alpha value is -1.74. The molecule has 0 saturated heterocycles. The lowest BCUT2D eigenvalue weighted by molar-refractivity contribution is 0.0965. The second-order valence-electron chi connectivity index (χ2n) is 5.73. The number of carbonyl (C=O) groups excluding carboxylic acids is 1. The largest absolute Gasteiger partial charge is 0.396 e. The van der Waals surface area contributed by atoms with Crippen LogP contribution in [0.1, 0.15) is 40.9 Å². The SMILES string of the molecule is CNC(=O)c1c(NCC2(C3CC3)CC2)sc(C#N)c1N. The van der Waals surface area contributed by atoms with Crippen molar-refractivity contribution in [3.63, 3.8) is 0 Å². The zero-order valence-corrected chi connectivity index (χ0v) is 12.3. The van der Waals surface area contributed by atoms with Gasteiger partial charge in [-0.1, -0.05) is 0 Å². The van der Waals surface area contributed by atoms with Crippen molar-refractivity contribution in [3.05, 3.63) is 10.4 Å².